The van der Waals surface area contributed by atoms with E-state index in [0.717, 1.165) is 0 Å². The van der Waals surface area contributed by atoms with Crippen LogP contribution >= 0.6 is 0 Å². The monoisotopic (exact) mass is 314 g/mol. The fourth-order valence-corrected chi connectivity index (χ4v) is 0. The second kappa shape index (κ2) is 10.0. The summed E-state index contributed by atoms with van der Waals surface area (Å²) in [5.74, 6) is 0. The summed E-state index contributed by atoms with van der Waals surface area (Å²) in [5.41, 5.74) is 0. The van der Waals surface area contributed by atoms with Crippen molar-refractivity contribution in [1.29, 1.82) is 0 Å². The van der Waals surface area contributed by atoms with E-state index >= 15 is 0 Å². The van der Waals surface area contributed by atoms with E-state index in [1.807, 2.05) is 0 Å². The van der Waals surface area contributed by atoms with Gasteiger partial charge in [-0.3, -0.25) is 0 Å². The normalized spacial score (nSPS) is 5.00. The Balaban J connectivity index is -0.0000000800. The van der Waals surface area contributed by atoms with Gasteiger partial charge in [0.15, 0.2) is 0 Å². The van der Waals surface area contributed by atoms with Crippen LogP contribution in [0.1, 0.15) is 0 Å². The minimum atomic E-state index is -2.41. The van der Waals surface area contributed by atoms with Crippen molar-refractivity contribution in [2.75, 3.05) is 0 Å². The van der Waals surface area contributed by atoms with Crippen LogP contribution in [0.4, 0.5) is 13.2 Å². The zero-order valence-electron chi connectivity index (χ0n) is 2.83. The third-order valence-electron chi connectivity index (χ3n) is 0.0714. The van der Waals surface area contributed by atoms with Crippen LogP contribution in [0.25, 0.3) is 0 Å². The Hall–Kier alpha value is 0.922. The molecule has 0 aliphatic carbocycles. The summed E-state index contributed by atoms with van der Waals surface area (Å²) in [6.45, 7) is 0. The van der Waals surface area contributed by atoms with E-state index in [9.17, 15) is 13.2 Å². The van der Waals surface area contributed by atoms with Gasteiger partial charge in [0.25, 0.3) is 0 Å². The molecule has 0 atom stereocenters. The standard InChI is InChI=1S/C2F3.HI.Pd/c3-1-2(4)5;;/h;1H;/p-1. The number of hydrogen-bond donors (Lipinski definition) is 0. The van der Waals surface area contributed by atoms with Gasteiger partial charge in [0.2, 0.25) is 6.33 Å². The molecule has 0 bridgehead atoms. The molecule has 0 spiro atoms. The molecule has 0 saturated carbocycles. The third-order valence-corrected chi connectivity index (χ3v) is 0.0714. The maximum Gasteiger partial charge on any atom is 0.308 e. The van der Waals surface area contributed by atoms with Gasteiger partial charge in [0.05, 0.1) is 0 Å². The molecular formula is C2F3IPd-. The largest absolute Gasteiger partial charge is 1.00 e. The maximum atomic E-state index is 10.2. The van der Waals surface area contributed by atoms with Crippen LogP contribution in [-0.2, 0) is 20.4 Å². The van der Waals surface area contributed by atoms with Gasteiger partial charge in [0, 0.05) is 20.4 Å². The molecule has 47 valence electrons. The van der Waals surface area contributed by atoms with Gasteiger partial charge in [-0.05, 0) is 0 Å². The van der Waals surface area contributed by atoms with Crippen molar-refractivity contribution in [3.8, 4) is 0 Å². The quantitative estimate of drug-likeness (QED) is 0.377. The van der Waals surface area contributed by atoms with Crippen molar-refractivity contribution in [3.05, 3.63) is 12.4 Å². The van der Waals surface area contributed by atoms with E-state index in [0.29, 0.717) is 0 Å². The average Bonchev–Trinajstić information content (AvgIpc) is 1.38. The molecule has 0 aliphatic rings. The van der Waals surface area contributed by atoms with E-state index in [1.165, 1.54) is 0 Å². The molecule has 0 unspecified atom stereocenters. The summed E-state index contributed by atoms with van der Waals surface area (Å²) in [6.07, 6.45) is -2.30. The van der Waals surface area contributed by atoms with Crippen LogP contribution in [0.5, 0.6) is 0 Å². The molecule has 1 radical (unpaired) electrons. The van der Waals surface area contributed by atoms with Crippen LogP contribution in [0, 0.1) is 6.33 Å². The Labute approximate surface area is 69.8 Å². The van der Waals surface area contributed by atoms with Gasteiger partial charge in [-0.15, -0.1) is 0 Å². The molecule has 0 nitrogen and oxygen atoms in total. The minimum Gasteiger partial charge on any atom is -1.00 e. The summed E-state index contributed by atoms with van der Waals surface area (Å²) in [5, 5.41) is 0. The summed E-state index contributed by atoms with van der Waals surface area (Å²) >= 11 is 0. The molecule has 0 aliphatic heterocycles. The van der Waals surface area contributed by atoms with E-state index in [2.05, 4.69) is 0 Å². The Morgan fingerprint density at radius 1 is 1.29 bits per heavy atom. The molecule has 0 aromatic heterocycles. The van der Waals surface area contributed by atoms with Crippen LogP contribution in [-0.4, -0.2) is 0 Å². The minimum absolute atomic E-state index is 0. The predicted octanol–water partition coefficient (Wildman–Crippen LogP) is -1.50. The van der Waals surface area contributed by atoms with Gasteiger partial charge >= 0.3 is 6.08 Å². The fraction of sp³-hybridized carbons (Fsp3) is 0. The number of hydrogen-bond acceptors (Lipinski definition) is 0. The smallest absolute Gasteiger partial charge is 0.308 e. The van der Waals surface area contributed by atoms with Gasteiger partial charge in [-0.25, -0.2) is 0 Å². The van der Waals surface area contributed by atoms with Crippen molar-refractivity contribution < 1.29 is 57.6 Å². The van der Waals surface area contributed by atoms with Crippen LogP contribution in [0.3, 0.4) is 0 Å². The first-order chi connectivity index (χ1) is 2.27. The van der Waals surface area contributed by atoms with Crippen molar-refractivity contribution in [2.24, 2.45) is 0 Å². The van der Waals surface area contributed by atoms with Crippen molar-refractivity contribution in [3.63, 3.8) is 0 Å². The second-order valence-electron chi connectivity index (χ2n) is 0.355. The van der Waals surface area contributed by atoms with E-state index < -0.39 is 6.08 Å². The molecule has 0 heterocycles. The molecule has 0 N–H and O–H groups in total. The first-order valence-electron chi connectivity index (χ1n) is 0.817. The molecule has 7 heavy (non-hydrogen) atoms. The fourth-order valence-electron chi connectivity index (χ4n) is 0. The molecule has 0 aromatic rings. The van der Waals surface area contributed by atoms with E-state index in [1.54, 1.807) is 0 Å². The molecular weight excluding hydrogens is 314 g/mol. The van der Waals surface area contributed by atoms with Gasteiger partial charge in [-0.2, -0.15) is 13.2 Å². The molecule has 0 aromatic carbocycles. The Kier molecular flexibility index (Phi) is 22.4. The molecule has 0 saturated heterocycles. The molecule has 0 amide bonds. The topological polar surface area (TPSA) is 0 Å². The number of rotatable bonds is 0. The van der Waals surface area contributed by atoms with Gasteiger partial charge in [0.1, 0.15) is 0 Å². The Bertz CT molecular complexity index is 50.9. The zero-order valence-corrected chi connectivity index (χ0v) is 6.54. The second-order valence-corrected chi connectivity index (χ2v) is 0.355. The van der Waals surface area contributed by atoms with Gasteiger partial charge < -0.3 is 24.0 Å². The van der Waals surface area contributed by atoms with Gasteiger partial charge in [-0.1, -0.05) is 0 Å². The SMILES string of the molecule is F[C]=C(F)F.[I-].[Pd]. The van der Waals surface area contributed by atoms with Crippen LogP contribution in [0.2, 0.25) is 0 Å². The van der Waals surface area contributed by atoms with E-state index in [4.69, 9.17) is 0 Å². The summed E-state index contributed by atoms with van der Waals surface area (Å²) in [4.78, 5) is 0. The van der Waals surface area contributed by atoms with E-state index in [-0.39, 0.29) is 50.7 Å². The van der Waals surface area contributed by atoms with Crippen molar-refractivity contribution in [2.45, 2.75) is 0 Å². The third kappa shape index (κ3) is 19.6. The molecule has 0 rings (SSSR count). The van der Waals surface area contributed by atoms with Crippen molar-refractivity contribution >= 4 is 0 Å². The Morgan fingerprint density at radius 2 is 1.43 bits per heavy atom. The summed E-state index contributed by atoms with van der Waals surface area (Å²) < 4.78 is 30.5. The molecule has 5 heteroatoms. The van der Waals surface area contributed by atoms with Crippen LogP contribution < -0.4 is 24.0 Å². The molecule has 0 fully saturated rings. The first kappa shape index (κ1) is 15.7. The number of halogens is 4. The zero-order chi connectivity index (χ0) is 4.28. The maximum absolute atomic E-state index is 10.2. The van der Waals surface area contributed by atoms with Crippen LogP contribution in [0.15, 0.2) is 6.08 Å². The predicted molar refractivity (Wildman–Crippen MR) is 10.1 cm³/mol. The Morgan fingerprint density at radius 3 is 1.43 bits per heavy atom. The average molecular weight is 314 g/mol. The summed E-state index contributed by atoms with van der Waals surface area (Å²) in [6, 6.07) is 0. The summed E-state index contributed by atoms with van der Waals surface area (Å²) in [7, 11) is 0. The van der Waals surface area contributed by atoms with Crippen molar-refractivity contribution in [1.82, 2.24) is 0 Å². The first-order valence-corrected chi connectivity index (χ1v) is 0.817.